The molecule has 1 aliphatic rings. The maximum absolute atomic E-state index is 3.54. The van der Waals surface area contributed by atoms with Crippen molar-refractivity contribution in [2.75, 3.05) is 6.54 Å². The SMILES string of the molecule is Brc1ccc2c(c1I)CNCC2. The van der Waals surface area contributed by atoms with Gasteiger partial charge >= 0.3 is 0 Å². The number of hydrogen-bond acceptors (Lipinski definition) is 1. The van der Waals surface area contributed by atoms with E-state index in [1.807, 2.05) is 0 Å². The minimum Gasteiger partial charge on any atom is -0.312 e. The molecule has 0 saturated heterocycles. The normalized spacial score (nSPS) is 15.8. The Kier molecular flexibility index (Phi) is 2.72. The molecule has 0 aliphatic carbocycles. The molecule has 0 amide bonds. The molecule has 0 atom stereocenters. The summed E-state index contributed by atoms with van der Waals surface area (Å²) in [5, 5.41) is 3.38. The van der Waals surface area contributed by atoms with Crippen LogP contribution in [0.1, 0.15) is 11.1 Å². The van der Waals surface area contributed by atoms with Crippen LogP contribution in [0.2, 0.25) is 0 Å². The molecule has 0 aromatic heterocycles. The summed E-state index contributed by atoms with van der Waals surface area (Å²) in [5.41, 5.74) is 2.97. The van der Waals surface area contributed by atoms with Gasteiger partial charge in [0.05, 0.1) is 0 Å². The zero-order valence-corrected chi connectivity index (χ0v) is 10.3. The molecule has 64 valence electrons. The lowest BCUT2D eigenvalue weighted by molar-refractivity contribution is 0.640. The minimum absolute atomic E-state index is 1.02. The van der Waals surface area contributed by atoms with Gasteiger partial charge < -0.3 is 5.32 Å². The van der Waals surface area contributed by atoms with E-state index >= 15 is 0 Å². The number of hydrogen-bond donors (Lipinski definition) is 1. The molecule has 0 spiro atoms. The Hall–Kier alpha value is 0.390. The van der Waals surface area contributed by atoms with Crippen molar-refractivity contribution in [3.05, 3.63) is 31.3 Å². The van der Waals surface area contributed by atoms with Crippen molar-refractivity contribution in [1.82, 2.24) is 5.32 Å². The van der Waals surface area contributed by atoms with E-state index in [0.29, 0.717) is 0 Å². The summed E-state index contributed by atoms with van der Waals surface area (Å²) in [6.07, 6.45) is 1.17. The van der Waals surface area contributed by atoms with Crippen LogP contribution < -0.4 is 5.32 Å². The standard InChI is InChI=1S/C9H9BrIN/c10-8-2-1-6-3-4-12-5-7(6)9(8)11/h1-2,12H,3-5H2. The van der Waals surface area contributed by atoms with Crippen molar-refractivity contribution in [3.8, 4) is 0 Å². The average molecular weight is 338 g/mol. The maximum Gasteiger partial charge on any atom is 0.0320 e. The second kappa shape index (κ2) is 3.64. The summed E-state index contributed by atoms with van der Waals surface area (Å²) in [4.78, 5) is 0. The molecule has 1 aromatic rings. The fraction of sp³-hybridized carbons (Fsp3) is 0.333. The first-order valence-corrected chi connectivity index (χ1v) is 5.82. The maximum atomic E-state index is 3.54. The van der Waals surface area contributed by atoms with Gasteiger partial charge in [0.2, 0.25) is 0 Å². The Morgan fingerprint density at radius 3 is 3.08 bits per heavy atom. The number of nitrogens with one attached hydrogen (secondary N) is 1. The fourth-order valence-electron chi connectivity index (χ4n) is 1.49. The van der Waals surface area contributed by atoms with Gasteiger partial charge in [0.25, 0.3) is 0 Å². The Bertz CT molecular complexity index is 312. The quantitative estimate of drug-likeness (QED) is 0.718. The highest BCUT2D eigenvalue weighted by Crippen LogP contribution is 2.27. The van der Waals surface area contributed by atoms with Crippen LogP contribution in [0, 0.1) is 3.57 Å². The van der Waals surface area contributed by atoms with Gasteiger partial charge in [0.1, 0.15) is 0 Å². The Balaban J connectivity index is 2.54. The highest BCUT2D eigenvalue weighted by Gasteiger charge is 2.12. The van der Waals surface area contributed by atoms with Crippen molar-refractivity contribution in [2.45, 2.75) is 13.0 Å². The van der Waals surface area contributed by atoms with E-state index < -0.39 is 0 Å². The first-order chi connectivity index (χ1) is 5.79. The van der Waals surface area contributed by atoms with Gasteiger partial charge in [-0.3, -0.25) is 0 Å². The van der Waals surface area contributed by atoms with E-state index in [1.54, 1.807) is 0 Å². The minimum atomic E-state index is 1.02. The summed E-state index contributed by atoms with van der Waals surface area (Å²) in [7, 11) is 0. The summed E-state index contributed by atoms with van der Waals surface area (Å²) < 4.78 is 2.57. The highest BCUT2D eigenvalue weighted by molar-refractivity contribution is 14.1. The molecular weight excluding hydrogens is 329 g/mol. The summed E-state index contributed by atoms with van der Waals surface area (Å²) in [6, 6.07) is 4.37. The Morgan fingerprint density at radius 1 is 1.42 bits per heavy atom. The van der Waals surface area contributed by atoms with Crippen LogP contribution in [-0.2, 0) is 13.0 Å². The molecule has 1 heterocycles. The monoisotopic (exact) mass is 337 g/mol. The topological polar surface area (TPSA) is 12.0 Å². The van der Waals surface area contributed by atoms with Crippen LogP contribution >= 0.6 is 38.5 Å². The lowest BCUT2D eigenvalue weighted by atomic mass is 10.0. The lowest BCUT2D eigenvalue weighted by Gasteiger charge is -2.18. The molecule has 1 nitrogen and oxygen atoms in total. The summed E-state index contributed by atoms with van der Waals surface area (Å²) in [5.74, 6) is 0. The predicted octanol–water partition coefficient (Wildman–Crippen LogP) is 2.70. The first kappa shape index (κ1) is 8.97. The van der Waals surface area contributed by atoms with E-state index in [2.05, 4.69) is 56.0 Å². The van der Waals surface area contributed by atoms with Crippen LogP contribution in [-0.4, -0.2) is 6.54 Å². The smallest absolute Gasteiger partial charge is 0.0320 e. The molecule has 1 aliphatic heterocycles. The van der Waals surface area contributed by atoms with Crippen molar-refractivity contribution in [1.29, 1.82) is 0 Å². The summed E-state index contributed by atoms with van der Waals surface area (Å²) >= 11 is 5.94. The third kappa shape index (κ3) is 1.54. The third-order valence-electron chi connectivity index (χ3n) is 2.17. The average Bonchev–Trinajstić information content (AvgIpc) is 2.12. The van der Waals surface area contributed by atoms with Crippen LogP contribution in [0.15, 0.2) is 16.6 Å². The largest absolute Gasteiger partial charge is 0.312 e. The van der Waals surface area contributed by atoms with Gasteiger partial charge in [-0.05, 0) is 68.7 Å². The number of rotatable bonds is 0. The van der Waals surface area contributed by atoms with Crippen LogP contribution in [0.5, 0.6) is 0 Å². The molecule has 2 rings (SSSR count). The molecule has 1 aromatic carbocycles. The molecule has 12 heavy (non-hydrogen) atoms. The zero-order valence-electron chi connectivity index (χ0n) is 6.53. The van der Waals surface area contributed by atoms with Gasteiger partial charge in [0, 0.05) is 14.6 Å². The molecule has 0 radical (unpaired) electrons. The second-order valence-electron chi connectivity index (χ2n) is 2.93. The van der Waals surface area contributed by atoms with E-state index in [-0.39, 0.29) is 0 Å². The van der Waals surface area contributed by atoms with Crippen molar-refractivity contribution < 1.29 is 0 Å². The van der Waals surface area contributed by atoms with Crippen LogP contribution in [0.25, 0.3) is 0 Å². The molecule has 0 fully saturated rings. The number of benzene rings is 1. The number of fused-ring (bicyclic) bond motifs is 1. The molecular formula is C9H9BrIN. The molecule has 0 unspecified atom stereocenters. The van der Waals surface area contributed by atoms with E-state index in [9.17, 15) is 0 Å². The molecule has 1 N–H and O–H groups in total. The first-order valence-electron chi connectivity index (χ1n) is 3.95. The van der Waals surface area contributed by atoms with Gasteiger partial charge in [-0.25, -0.2) is 0 Å². The van der Waals surface area contributed by atoms with Gasteiger partial charge in [-0.1, -0.05) is 6.07 Å². The Labute approximate surface area is 94.2 Å². The zero-order chi connectivity index (χ0) is 8.55. The van der Waals surface area contributed by atoms with Crippen molar-refractivity contribution in [3.63, 3.8) is 0 Å². The highest BCUT2D eigenvalue weighted by atomic mass is 127. The van der Waals surface area contributed by atoms with Crippen molar-refractivity contribution >= 4 is 38.5 Å². The van der Waals surface area contributed by atoms with E-state index in [1.165, 1.54) is 25.6 Å². The predicted molar refractivity (Wildman–Crippen MR) is 62.3 cm³/mol. The van der Waals surface area contributed by atoms with Gasteiger partial charge in [-0.2, -0.15) is 0 Å². The second-order valence-corrected chi connectivity index (χ2v) is 4.86. The van der Waals surface area contributed by atoms with E-state index in [0.717, 1.165) is 13.1 Å². The van der Waals surface area contributed by atoms with Crippen LogP contribution in [0.3, 0.4) is 0 Å². The fourth-order valence-corrected chi connectivity index (χ4v) is 2.58. The Morgan fingerprint density at radius 2 is 2.25 bits per heavy atom. The molecule has 0 saturated carbocycles. The van der Waals surface area contributed by atoms with Crippen LogP contribution in [0.4, 0.5) is 0 Å². The van der Waals surface area contributed by atoms with Gasteiger partial charge in [-0.15, -0.1) is 0 Å². The molecule has 0 bridgehead atoms. The van der Waals surface area contributed by atoms with E-state index in [4.69, 9.17) is 0 Å². The number of halogens is 2. The molecule has 3 heteroatoms. The lowest BCUT2D eigenvalue weighted by Crippen LogP contribution is -2.24. The van der Waals surface area contributed by atoms with Gasteiger partial charge in [0.15, 0.2) is 0 Å². The van der Waals surface area contributed by atoms with Crippen molar-refractivity contribution in [2.24, 2.45) is 0 Å². The summed E-state index contributed by atoms with van der Waals surface area (Å²) in [6.45, 7) is 2.14. The third-order valence-corrected chi connectivity index (χ3v) is 4.80.